The van der Waals surface area contributed by atoms with E-state index in [2.05, 4.69) is 134 Å². The highest BCUT2D eigenvalue weighted by Gasteiger charge is 2.38. The summed E-state index contributed by atoms with van der Waals surface area (Å²) in [5.41, 5.74) is 9.34. The molecule has 184 valence electrons. The van der Waals surface area contributed by atoms with Gasteiger partial charge in [-0.2, -0.15) is 0 Å². The first-order valence-electron chi connectivity index (χ1n) is 13.6. The molecule has 0 saturated carbocycles. The maximum atomic E-state index is 2.58. The Kier molecular flexibility index (Phi) is 4.07. The lowest BCUT2D eigenvalue weighted by Gasteiger charge is -2.23. The minimum Gasteiger partial charge on any atom is -0.307 e. The average molecular weight is 516 g/mol. The molecular formula is C37H25NS. The predicted molar refractivity (Wildman–Crippen MR) is 169 cm³/mol. The zero-order chi connectivity index (χ0) is 25.9. The van der Waals surface area contributed by atoms with Crippen LogP contribution in [0.15, 0.2) is 115 Å². The number of hydrogen-bond donors (Lipinski definition) is 0. The minimum absolute atomic E-state index is 0.103. The van der Waals surface area contributed by atoms with Crippen LogP contribution in [0.1, 0.15) is 25.0 Å². The van der Waals surface area contributed by atoms with Gasteiger partial charge in [0.25, 0.3) is 0 Å². The fourth-order valence-electron chi connectivity index (χ4n) is 7.20. The van der Waals surface area contributed by atoms with Crippen LogP contribution < -0.4 is 0 Å². The molecular weight excluding hydrogens is 490 g/mol. The molecule has 1 aliphatic carbocycles. The molecule has 8 aromatic rings. The number of benzene rings is 6. The lowest BCUT2D eigenvalue weighted by molar-refractivity contribution is 0.664. The largest absolute Gasteiger partial charge is 0.307 e. The summed E-state index contributed by atoms with van der Waals surface area (Å²) in [6.45, 7) is 4.79. The van der Waals surface area contributed by atoms with Gasteiger partial charge in [-0.3, -0.25) is 0 Å². The summed E-state index contributed by atoms with van der Waals surface area (Å²) in [5.74, 6) is 0. The number of hydrogen-bond acceptors (Lipinski definition) is 1. The maximum absolute atomic E-state index is 2.58. The summed E-state index contributed by atoms with van der Waals surface area (Å²) in [5, 5.41) is 7.87. The van der Waals surface area contributed by atoms with E-state index >= 15 is 0 Å². The van der Waals surface area contributed by atoms with Crippen molar-refractivity contribution < 1.29 is 0 Å². The molecule has 0 amide bonds. The lowest BCUT2D eigenvalue weighted by atomic mass is 9.81. The van der Waals surface area contributed by atoms with Crippen LogP contribution in [0.2, 0.25) is 0 Å². The van der Waals surface area contributed by atoms with Gasteiger partial charge in [0.15, 0.2) is 0 Å². The van der Waals surface area contributed by atoms with E-state index in [1.165, 1.54) is 80.7 Å². The molecule has 2 heteroatoms. The Hall–Kier alpha value is -4.40. The first-order chi connectivity index (χ1) is 19.1. The number of nitrogens with zero attached hydrogens (tertiary/aromatic N) is 1. The fraction of sp³-hybridized carbons (Fsp3) is 0.0811. The molecule has 0 saturated heterocycles. The highest BCUT2D eigenvalue weighted by atomic mass is 32.1. The second kappa shape index (κ2) is 7.37. The number of aromatic nitrogens is 1. The molecule has 0 fully saturated rings. The van der Waals surface area contributed by atoms with Crippen LogP contribution in [-0.2, 0) is 5.41 Å². The first-order valence-corrected chi connectivity index (χ1v) is 14.4. The second-order valence-corrected chi connectivity index (χ2v) is 12.4. The standard InChI is InChI=1S/C37H25NS/c1-37(2)31-13-7-5-11-25(31)27-17-18-28-29-19-20-30-26-12-6-8-14-32(26)39-36(30)35(29)38(34(28)33(27)37)24-16-15-22-9-3-4-10-23(22)21-24/h3-21H,1-2H3. The average Bonchev–Trinajstić information content (AvgIpc) is 3.59. The normalized spacial score (nSPS) is 14.1. The molecule has 0 aliphatic heterocycles. The van der Waals surface area contributed by atoms with E-state index in [1.54, 1.807) is 0 Å². The quantitative estimate of drug-likeness (QED) is 0.205. The Labute approximate surface area is 230 Å². The Balaban J connectivity index is 1.53. The van der Waals surface area contributed by atoms with Crippen molar-refractivity contribution in [3.05, 3.63) is 126 Å². The van der Waals surface area contributed by atoms with Gasteiger partial charge in [0.2, 0.25) is 0 Å². The van der Waals surface area contributed by atoms with E-state index in [1.807, 2.05) is 11.3 Å². The van der Waals surface area contributed by atoms with Crippen molar-refractivity contribution in [3.8, 4) is 16.8 Å². The van der Waals surface area contributed by atoms with E-state index < -0.39 is 0 Å². The van der Waals surface area contributed by atoms with Crippen LogP contribution in [0, 0.1) is 0 Å². The highest BCUT2D eigenvalue weighted by molar-refractivity contribution is 7.26. The summed E-state index contributed by atoms with van der Waals surface area (Å²) < 4.78 is 5.29. The number of rotatable bonds is 1. The Morgan fingerprint density at radius 3 is 2.21 bits per heavy atom. The predicted octanol–water partition coefficient (Wildman–Crippen LogP) is 10.6. The molecule has 0 bridgehead atoms. The van der Waals surface area contributed by atoms with Crippen LogP contribution in [-0.4, -0.2) is 4.57 Å². The van der Waals surface area contributed by atoms with Crippen LogP contribution in [0.3, 0.4) is 0 Å². The molecule has 0 N–H and O–H groups in total. The monoisotopic (exact) mass is 515 g/mol. The molecule has 0 unspecified atom stereocenters. The van der Waals surface area contributed by atoms with Crippen molar-refractivity contribution in [2.75, 3.05) is 0 Å². The van der Waals surface area contributed by atoms with Gasteiger partial charge in [-0.15, -0.1) is 11.3 Å². The topological polar surface area (TPSA) is 4.93 Å². The second-order valence-electron chi connectivity index (χ2n) is 11.4. The van der Waals surface area contributed by atoms with Gasteiger partial charge in [-0.05, 0) is 51.2 Å². The van der Waals surface area contributed by atoms with Gasteiger partial charge < -0.3 is 4.57 Å². The van der Waals surface area contributed by atoms with E-state index in [4.69, 9.17) is 0 Å². The summed E-state index contributed by atoms with van der Waals surface area (Å²) in [6.07, 6.45) is 0. The Bertz CT molecular complexity index is 2310. The molecule has 39 heavy (non-hydrogen) atoms. The zero-order valence-electron chi connectivity index (χ0n) is 21.8. The van der Waals surface area contributed by atoms with Gasteiger partial charge in [0.05, 0.1) is 15.7 Å². The molecule has 1 nitrogen and oxygen atoms in total. The summed E-state index contributed by atoms with van der Waals surface area (Å²) in [7, 11) is 0. The van der Waals surface area contributed by atoms with Crippen LogP contribution >= 0.6 is 11.3 Å². The Morgan fingerprint density at radius 2 is 1.28 bits per heavy atom. The van der Waals surface area contributed by atoms with Crippen molar-refractivity contribution in [1.29, 1.82) is 0 Å². The van der Waals surface area contributed by atoms with Crippen molar-refractivity contribution in [2.45, 2.75) is 19.3 Å². The molecule has 0 atom stereocenters. The number of thiophene rings is 1. The van der Waals surface area contributed by atoms with E-state index in [-0.39, 0.29) is 5.41 Å². The SMILES string of the molecule is CC1(C)c2ccccc2-c2ccc3c4ccc5c6ccccc6sc5c4n(-c4ccc5ccccc5c4)c3c21. The third kappa shape index (κ3) is 2.69. The fourth-order valence-corrected chi connectivity index (χ4v) is 8.44. The van der Waals surface area contributed by atoms with Crippen molar-refractivity contribution in [1.82, 2.24) is 4.57 Å². The third-order valence-corrected chi connectivity index (χ3v) is 10.1. The van der Waals surface area contributed by atoms with E-state index in [0.29, 0.717) is 0 Å². The smallest absolute Gasteiger partial charge is 0.0719 e. The van der Waals surface area contributed by atoms with Crippen molar-refractivity contribution in [3.63, 3.8) is 0 Å². The summed E-state index contributed by atoms with van der Waals surface area (Å²) in [4.78, 5) is 0. The molecule has 0 radical (unpaired) electrons. The minimum atomic E-state index is -0.103. The summed E-state index contributed by atoms with van der Waals surface area (Å²) in [6, 6.07) is 42.9. The lowest BCUT2D eigenvalue weighted by Crippen LogP contribution is -2.16. The van der Waals surface area contributed by atoms with Gasteiger partial charge in [-0.25, -0.2) is 0 Å². The molecule has 0 spiro atoms. The molecule has 6 aromatic carbocycles. The molecule has 9 rings (SSSR count). The van der Waals surface area contributed by atoms with Gasteiger partial charge >= 0.3 is 0 Å². The maximum Gasteiger partial charge on any atom is 0.0719 e. The Morgan fingerprint density at radius 1 is 0.564 bits per heavy atom. The zero-order valence-corrected chi connectivity index (χ0v) is 22.6. The van der Waals surface area contributed by atoms with Crippen LogP contribution in [0.25, 0.3) is 69.6 Å². The van der Waals surface area contributed by atoms with E-state index in [9.17, 15) is 0 Å². The first kappa shape index (κ1) is 21.5. The summed E-state index contributed by atoms with van der Waals surface area (Å²) >= 11 is 1.92. The molecule has 2 aromatic heterocycles. The van der Waals surface area contributed by atoms with Gasteiger partial charge in [-0.1, -0.05) is 111 Å². The molecule has 2 heterocycles. The molecule has 1 aliphatic rings. The van der Waals surface area contributed by atoms with Gasteiger partial charge in [0.1, 0.15) is 0 Å². The van der Waals surface area contributed by atoms with Gasteiger partial charge in [0, 0.05) is 37.3 Å². The highest BCUT2D eigenvalue weighted by Crippen LogP contribution is 2.54. The van der Waals surface area contributed by atoms with Crippen molar-refractivity contribution >= 4 is 64.1 Å². The van der Waals surface area contributed by atoms with E-state index in [0.717, 1.165) is 0 Å². The van der Waals surface area contributed by atoms with Crippen LogP contribution in [0.5, 0.6) is 0 Å². The van der Waals surface area contributed by atoms with Crippen LogP contribution in [0.4, 0.5) is 0 Å². The third-order valence-electron chi connectivity index (χ3n) is 8.94. The van der Waals surface area contributed by atoms with Crippen molar-refractivity contribution in [2.24, 2.45) is 0 Å². The number of fused-ring (bicyclic) bond motifs is 12.